The molecule has 0 radical (unpaired) electrons. The quantitative estimate of drug-likeness (QED) is 0.915. The molecule has 0 aliphatic heterocycles. The van der Waals surface area contributed by atoms with Crippen molar-refractivity contribution in [2.75, 3.05) is 0 Å². The van der Waals surface area contributed by atoms with Gasteiger partial charge in [0, 0.05) is 6.54 Å². The smallest absolute Gasteiger partial charge is 0.206 e. The van der Waals surface area contributed by atoms with Crippen molar-refractivity contribution in [1.82, 2.24) is 4.72 Å². The molecular weight excluding hydrogens is 250 g/mol. The van der Waals surface area contributed by atoms with E-state index in [4.69, 9.17) is 0 Å². The number of nitrogens with one attached hydrogen (secondary N) is 1. The molecule has 2 heterocycles. The van der Waals surface area contributed by atoms with E-state index in [9.17, 15) is 8.42 Å². The summed E-state index contributed by atoms with van der Waals surface area (Å²) in [6.07, 6.45) is 0. The maximum absolute atomic E-state index is 11.7. The Bertz CT molecular complexity index is 500. The summed E-state index contributed by atoms with van der Waals surface area (Å²) in [7, 11) is -3.32. The molecule has 0 aliphatic carbocycles. The Morgan fingerprint density at radius 3 is 2.73 bits per heavy atom. The lowest BCUT2D eigenvalue weighted by Gasteiger charge is -2.02. The molecule has 0 amide bonds. The van der Waals surface area contributed by atoms with Crippen LogP contribution < -0.4 is 4.72 Å². The van der Waals surface area contributed by atoms with Gasteiger partial charge in [0.2, 0.25) is 10.0 Å². The van der Waals surface area contributed by atoms with E-state index < -0.39 is 10.0 Å². The molecule has 3 nitrogen and oxygen atoms in total. The molecule has 0 spiro atoms. The van der Waals surface area contributed by atoms with Gasteiger partial charge in [0.1, 0.15) is 4.21 Å². The zero-order chi connectivity index (χ0) is 10.7. The average Bonchev–Trinajstić information content (AvgIpc) is 2.88. The second-order valence-corrected chi connectivity index (χ2v) is 6.61. The predicted molar refractivity (Wildman–Crippen MR) is 62.7 cm³/mol. The summed E-state index contributed by atoms with van der Waals surface area (Å²) in [6, 6.07) is 5.23. The van der Waals surface area contributed by atoms with Gasteiger partial charge >= 0.3 is 0 Å². The van der Waals surface area contributed by atoms with Crippen molar-refractivity contribution in [3.05, 3.63) is 39.9 Å². The van der Waals surface area contributed by atoms with Gasteiger partial charge in [-0.3, -0.25) is 0 Å². The molecule has 6 heteroatoms. The van der Waals surface area contributed by atoms with E-state index in [-0.39, 0.29) is 0 Å². The van der Waals surface area contributed by atoms with Gasteiger partial charge < -0.3 is 0 Å². The fraction of sp³-hybridized carbons (Fsp3) is 0.111. The maximum Gasteiger partial charge on any atom is 0.250 e. The van der Waals surface area contributed by atoms with Crippen molar-refractivity contribution in [2.45, 2.75) is 10.8 Å². The Balaban J connectivity index is 2.06. The highest BCUT2D eigenvalue weighted by Crippen LogP contribution is 2.16. The van der Waals surface area contributed by atoms with Gasteiger partial charge in [0.25, 0.3) is 0 Å². The molecule has 0 aromatic carbocycles. The molecule has 80 valence electrons. The van der Waals surface area contributed by atoms with Gasteiger partial charge in [-0.25, -0.2) is 13.1 Å². The third-order valence-electron chi connectivity index (χ3n) is 1.81. The summed E-state index contributed by atoms with van der Waals surface area (Å²) < 4.78 is 26.3. The fourth-order valence-corrected chi connectivity index (χ4v) is 3.78. The highest BCUT2D eigenvalue weighted by Gasteiger charge is 2.14. The van der Waals surface area contributed by atoms with E-state index in [0.29, 0.717) is 10.8 Å². The summed E-state index contributed by atoms with van der Waals surface area (Å²) in [5.74, 6) is 0. The first kappa shape index (κ1) is 10.8. The number of thiophene rings is 2. The van der Waals surface area contributed by atoms with Crippen molar-refractivity contribution in [3.63, 3.8) is 0 Å². The van der Waals surface area contributed by atoms with Crippen LogP contribution in [-0.2, 0) is 16.6 Å². The molecule has 0 unspecified atom stereocenters. The van der Waals surface area contributed by atoms with E-state index in [0.717, 1.165) is 5.56 Å². The highest BCUT2D eigenvalue weighted by molar-refractivity contribution is 7.91. The molecular formula is C9H9NO2S3. The number of rotatable bonds is 4. The van der Waals surface area contributed by atoms with Crippen LogP contribution in [0.15, 0.2) is 38.5 Å². The first-order chi connectivity index (χ1) is 7.18. The van der Waals surface area contributed by atoms with Crippen molar-refractivity contribution < 1.29 is 8.42 Å². The fourth-order valence-electron chi connectivity index (χ4n) is 1.06. The first-order valence-corrected chi connectivity index (χ1v) is 7.53. The zero-order valence-corrected chi connectivity index (χ0v) is 10.2. The largest absolute Gasteiger partial charge is 0.250 e. The van der Waals surface area contributed by atoms with Crippen molar-refractivity contribution >= 4 is 32.7 Å². The van der Waals surface area contributed by atoms with E-state index in [1.165, 1.54) is 11.3 Å². The van der Waals surface area contributed by atoms with Crippen LogP contribution >= 0.6 is 22.7 Å². The highest BCUT2D eigenvalue weighted by atomic mass is 32.2. The summed E-state index contributed by atoms with van der Waals surface area (Å²) in [5.41, 5.74) is 0.986. The predicted octanol–water partition coefficient (Wildman–Crippen LogP) is 2.29. The topological polar surface area (TPSA) is 46.2 Å². The van der Waals surface area contributed by atoms with Crippen molar-refractivity contribution in [2.24, 2.45) is 0 Å². The second kappa shape index (κ2) is 4.44. The van der Waals surface area contributed by atoms with Crippen LogP contribution in [0.5, 0.6) is 0 Å². The third-order valence-corrected chi connectivity index (χ3v) is 5.34. The zero-order valence-electron chi connectivity index (χ0n) is 7.71. The van der Waals surface area contributed by atoms with Crippen LogP contribution in [0.3, 0.4) is 0 Å². The van der Waals surface area contributed by atoms with Crippen LogP contribution in [0.1, 0.15) is 5.56 Å². The summed E-state index contributed by atoms with van der Waals surface area (Å²) in [4.78, 5) is 0. The molecule has 2 aromatic rings. The van der Waals surface area contributed by atoms with Crippen LogP contribution in [-0.4, -0.2) is 8.42 Å². The Morgan fingerprint density at radius 2 is 2.13 bits per heavy atom. The summed E-state index contributed by atoms with van der Waals surface area (Å²) in [5, 5.41) is 5.60. The van der Waals surface area contributed by atoms with Gasteiger partial charge in [-0.15, -0.1) is 11.3 Å². The lowest BCUT2D eigenvalue weighted by molar-refractivity contribution is 0.583. The Kier molecular flexibility index (Phi) is 3.20. The molecule has 2 rings (SSSR count). The van der Waals surface area contributed by atoms with E-state index in [2.05, 4.69) is 4.72 Å². The van der Waals surface area contributed by atoms with E-state index in [1.807, 2.05) is 16.8 Å². The van der Waals surface area contributed by atoms with E-state index >= 15 is 0 Å². The second-order valence-electron chi connectivity index (χ2n) is 2.89. The molecule has 0 saturated carbocycles. The molecule has 0 atom stereocenters. The first-order valence-electron chi connectivity index (χ1n) is 4.23. The molecule has 0 aliphatic rings. The third kappa shape index (κ3) is 2.66. The molecule has 0 bridgehead atoms. The molecule has 2 aromatic heterocycles. The number of hydrogen-bond acceptors (Lipinski definition) is 4. The molecule has 1 N–H and O–H groups in total. The minimum absolute atomic E-state index is 0.351. The Hall–Kier alpha value is -0.690. The Morgan fingerprint density at radius 1 is 1.27 bits per heavy atom. The number of hydrogen-bond donors (Lipinski definition) is 1. The van der Waals surface area contributed by atoms with Crippen LogP contribution in [0.4, 0.5) is 0 Å². The van der Waals surface area contributed by atoms with Crippen LogP contribution in [0.25, 0.3) is 0 Å². The number of sulfonamides is 1. The van der Waals surface area contributed by atoms with Crippen LogP contribution in [0, 0.1) is 0 Å². The van der Waals surface area contributed by atoms with Gasteiger partial charge in [-0.1, -0.05) is 6.07 Å². The minimum Gasteiger partial charge on any atom is -0.206 e. The van der Waals surface area contributed by atoms with Gasteiger partial charge in [0.05, 0.1) is 0 Å². The van der Waals surface area contributed by atoms with Crippen molar-refractivity contribution in [3.8, 4) is 0 Å². The van der Waals surface area contributed by atoms with Crippen molar-refractivity contribution in [1.29, 1.82) is 0 Å². The maximum atomic E-state index is 11.7. The monoisotopic (exact) mass is 259 g/mol. The summed E-state index contributed by atoms with van der Waals surface area (Å²) >= 11 is 2.77. The summed E-state index contributed by atoms with van der Waals surface area (Å²) in [6.45, 7) is 0.351. The van der Waals surface area contributed by atoms with Gasteiger partial charge in [0.15, 0.2) is 0 Å². The van der Waals surface area contributed by atoms with Gasteiger partial charge in [-0.2, -0.15) is 11.3 Å². The minimum atomic E-state index is -3.32. The standard InChI is InChI=1S/C9H9NO2S3/c11-15(12,9-2-1-4-14-9)10-6-8-3-5-13-7-8/h1-5,7,10H,6H2. The Labute approximate surface area is 96.4 Å². The van der Waals surface area contributed by atoms with Crippen LogP contribution in [0.2, 0.25) is 0 Å². The van der Waals surface area contributed by atoms with E-state index in [1.54, 1.807) is 28.8 Å². The van der Waals surface area contributed by atoms with Gasteiger partial charge in [-0.05, 0) is 33.8 Å². The normalized spacial score (nSPS) is 11.7. The SMILES string of the molecule is O=S(=O)(NCc1ccsc1)c1cccs1. The lowest BCUT2D eigenvalue weighted by Crippen LogP contribution is -2.21. The molecule has 15 heavy (non-hydrogen) atoms. The molecule has 0 fully saturated rings. The lowest BCUT2D eigenvalue weighted by atomic mass is 10.4. The average molecular weight is 259 g/mol. The molecule has 0 saturated heterocycles.